The third kappa shape index (κ3) is 3.27. The Balaban J connectivity index is 2.24. The summed E-state index contributed by atoms with van der Waals surface area (Å²) in [4.78, 5) is 3.83. The van der Waals surface area contributed by atoms with Crippen LogP contribution in [0.4, 0.5) is 10.1 Å². The highest BCUT2D eigenvalue weighted by atomic mass is 32.2. The van der Waals surface area contributed by atoms with E-state index < -0.39 is 15.8 Å². The van der Waals surface area contributed by atoms with Crippen molar-refractivity contribution in [2.45, 2.75) is 11.6 Å². The van der Waals surface area contributed by atoms with E-state index in [1.165, 1.54) is 36.5 Å². The van der Waals surface area contributed by atoms with Crippen molar-refractivity contribution in [1.82, 2.24) is 4.98 Å². The van der Waals surface area contributed by atoms with Gasteiger partial charge < -0.3 is 5.73 Å². The predicted octanol–water partition coefficient (Wildman–Crippen LogP) is 1.48. The molecule has 2 rings (SSSR count). The van der Waals surface area contributed by atoms with E-state index in [2.05, 4.69) is 9.71 Å². The third-order valence-corrected chi connectivity index (χ3v) is 3.70. The van der Waals surface area contributed by atoms with Crippen molar-refractivity contribution in [3.05, 3.63) is 54.0 Å². The zero-order valence-electron chi connectivity index (χ0n) is 9.88. The Kier molecular flexibility index (Phi) is 3.77. The summed E-state index contributed by atoms with van der Waals surface area (Å²) >= 11 is 0. The summed E-state index contributed by atoms with van der Waals surface area (Å²) in [6.07, 6.45) is 1.40. The number of halogens is 1. The number of benzene rings is 1. The minimum absolute atomic E-state index is 0.117. The Morgan fingerprint density at radius 2 is 1.84 bits per heavy atom. The summed E-state index contributed by atoms with van der Waals surface area (Å²) in [5.41, 5.74) is 6.41. The van der Waals surface area contributed by atoms with Crippen molar-refractivity contribution >= 4 is 15.7 Å². The maximum Gasteiger partial charge on any atom is 0.279 e. The van der Waals surface area contributed by atoms with Crippen LogP contribution in [-0.2, 0) is 16.6 Å². The lowest BCUT2D eigenvalue weighted by Crippen LogP contribution is -2.14. The first-order valence-corrected chi connectivity index (χ1v) is 6.93. The highest BCUT2D eigenvalue weighted by Gasteiger charge is 2.15. The van der Waals surface area contributed by atoms with E-state index in [0.717, 1.165) is 5.56 Å². The Morgan fingerprint density at radius 1 is 1.16 bits per heavy atom. The average molecular weight is 281 g/mol. The van der Waals surface area contributed by atoms with Crippen LogP contribution in [0, 0.1) is 5.82 Å². The van der Waals surface area contributed by atoms with Crippen molar-refractivity contribution in [3.8, 4) is 0 Å². The Labute approximate surface area is 110 Å². The summed E-state index contributed by atoms with van der Waals surface area (Å²) in [5.74, 6) is -0.437. The number of hydrogen-bond donors (Lipinski definition) is 2. The summed E-state index contributed by atoms with van der Waals surface area (Å²) in [6.45, 7) is 0.290. The average Bonchev–Trinajstić information content (AvgIpc) is 2.41. The van der Waals surface area contributed by atoms with Crippen LogP contribution in [0.2, 0.25) is 0 Å². The van der Waals surface area contributed by atoms with Crippen LogP contribution in [0.25, 0.3) is 0 Å². The van der Waals surface area contributed by atoms with Crippen molar-refractivity contribution in [2.24, 2.45) is 5.73 Å². The second-order valence-corrected chi connectivity index (χ2v) is 5.45. The van der Waals surface area contributed by atoms with Gasteiger partial charge in [0.1, 0.15) is 5.82 Å². The van der Waals surface area contributed by atoms with Gasteiger partial charge in [-0.05, 0) is 35.9 Å². The highest BCUT2D eigenvalue weighted by molar-refractivity contribution is 7.92. The molecule has 2 aromatic rings. The molecule has 0 atom stereocenters. The number of anilines is 1. The number of sulfonamides is 1. The molecule has 0 aliphatic carbocycles. The van der Waals surface area contributed by atoms with Crippen LogP contribution in [0.15, 0.2) is 47.6 Å². The first-order chi connectivity index (χ1) is 9.01. The molecule has 0 aliphatic heterocycles. The van der Waals surface area contributed by atoms with Gasteiger partial charge >= 0.3 is 0 Å². The van der Waals surface area contributed by atoms with Crippen LogP contribution in [0.1, 0.15) is 5.56 Å². The fraction of sp³-hybridized carbons (Fsp3) is 0.0833. The molecular weight excluding hydrogens is 269 g/mol. The number of pyridine rings is 1. The summed E-state index contributed by atoms with van der Waals surface area (Å²) in [5, 5.41) is -0.117. The van der Waals surface area contributed by atoms with E-state index in [1.807, 2.05) is 0 Å². The minimum atomic E-state index is -3.78. The molecule has 7 heteroatoms. The number of rotatable bonds is 4. The second-order valence-electron chi connectivity index (χ2n) is 3.82. The van der Waals surface area contributed by atoms with Gasteiger partial charge in [-0.25, -0.2) is 9.37 Å². The SMILES string of the molecule is NCc1ccc(S(=O)(=O)Nc2ccc(F)cc2)nc1. The molecule has 0 fully saturated rings. The summed E-state index contributed by atoms with van der Waals surface area (Å²) < 4.78 is 39.0. The topological polar surface area (TPSA) is 85.1 Å². The zero-order valence-corrected chi connectivity index (χ0v) is 10.7. The molecule has 3 N–H and O–H groups in total. The molecule has 0 spiro atoms. The van der Waals surface area contributed by atoms with Gasteiger partial charge in [-0.1, -0.05) is 6.07 Å². The molecule has 0 aliphatic rings. The van der Waals surface area contributed by atoms with Gasteiger partial charge in [0.25, 0.3) is 10.0 Å². The molecule has 0 unspecified atom stereocenters. The van der Waals surface area contributed by atoms with Crippen molar-refractivity contribution in [1.29, 1.82) is 0 Å². The van der Waals surface area contributed by atoms with Crippen molar-refractivity contribution in [2.75, 3.05) is 4.72 Å². The molecule has 0 saturated heterocycles. The van der Waals surface area contributed by atoms with Gasteiger partial charge in [-0.15, -0.1) is 0 Å². The van der Waals surface area contributed by atoms with E-state index >= 15 is 0 Å². The van der Waals surface area contributed by atoms with E-state index in [4.69, 9.17) is 5.73 Å². The standard InChI is InChI=1S/C12H12FN3O2S/c13-10-2-4-11(5-3-10)16-19(17,18)12-6-1-9(7-14)8-15-12/h1-6,8,16H,7,14H2. The fourth-order valence-electron chi connectivity index (χ4n) is 1.42. The Bertz CT molecular complexity index is 654. The molecule has 1 aromatic carbocycles. The molecule has 1 aromatic heterocycles. The second kappa shape index (κ2) is 5.33. The van der Waals surface area contributed by atoms with Gasteiger partial charge in [-0.3, -0.25) is 4.72 Å². The first-order valence-electron chi connectivity index (χ1n) is 5.44. The van der Waals surface area contributed by atoms with Crippen molar-refractivity contribution < 1.29 is 12.8 Å². The molecule has 0 radical (unpaired) electrons. The summed E-state index contributed by atoms with van der Waals surface area (Å²) in [6, 6.07) is 7.97. The normalized spacial score (nSPS) is 11.3. The molecule has 19 heavy (non-hydrogen) atoms. The lowest BCUT2D eigenvalue weighted by Gasteiger charge is -2.07. The van der Waals surface area contributed by atoms with Crippen LogP contribution >= 0.6 is 0 Å². The van der Waals surface area contributed by atoms with E-state index in [9.17, 15) is 12.8 Å². The largest absolute Gasteiger partial charge is 0.326 e. The van der Waals surface area contributed by atoms with Gasteiger partial charge in [-0.2, -0.15) is 8.42 Å². The van der Waals surface area contributed by atoms with Crippen LogP contribution in [0.5, 0.6) is 0 Å². The summed E-state index contributed by atoms with van der Waals surface area (Å²) in [7, 11) is -3.78. The van der Waals surface area contributed by atoms with Crippen LogP contribution in [-0.4, -0.2) is 13.4 Å². The highest BCUT2D eigenvalue weighted by Crippen LogP contribution is 2.15. The third-order valence-electron chi connectivity index (χ3n) is 2.41. The smallest absolute Gasteiger partial charge is 0.279 e. The maximum absolute atomic E-state index is 12.7. The van der Waals surface area contributed by atoms with Gasteiger partial charge in [0.2, 0.25) is 0 Å². The maximum atomic E-state index is 12.7. The van der Waals surface area contributed by atoms with E-state index in [-0.39, 0.29) is 10.7 Å². The Morgan fingerprint density at radius 3 is 2.37 bits per heavy atom. The quantitative estimate of drug-likeness (QED) is 0.889. The lowest BCUT2D eigenvalue weighted by molar-refractivity contribution is 0.597. The Hall–Kier alpha value is -1.99. The molecule has 0 saturated carbocycles. The zero-order chi connectivity index (χ0) is 13.9. The number of nitrogens with one attached hydrogen (secondary N) is 1. The molecular formula is C12H12FN3O2S. The van der Waals surface area contributed by atoms with Crippen LogP contribution < -0.4 is 10.5 Å². The van der Waals surface area contributed by atoms with Gasteiger partial charge in [0.15, 0.2) is 5.03 Å². The number of hydrogen-bond acceptors (Lipinski definition) is 4. The number of nitrogens with two attached hydrogens (primary N) is 1. The molecule has 0 amide bonds. The monoisotopic (exact) mass is 281 g/mol. The van der Waals surface area contributed by atoms with Crippen molar-refractivity contribution in [3.63, 3.8) is 0 Å². The fourth-order valence-corrected chi connectivity index (χ4v) is 2.41. The molecule has 1 heterocycles. The predicted molar refractivity (Wildman–Crippen MR) is 69.3 cm³/mol. The minimum Gasteiger partial charge on any atom is -0.326 e. The lowest BCUT2D eigenvalue weighted by atomic mass is 10.3. The van der Waals surface area contributed by atoms with Gasteiger partial charge in [0.05, 0.1) is 0 Å². The first kappa shape index (κ1) is 13.4. The number of nitrogens with zero attached hydrogens (tertiary/aromatic N) is 1. The van der Waals surface area contributed by atoms with E-state index in [0.29, 0.717) is 6.54 Å². The van der Waals surface area contributed by atoms with Gasteiger partial charge in [0, 0.05) is 18.4 Å². The van der Waals surface area contributed by atoms with Crippen LogP contribution in [0.3, 0.4) is 0 Å². The molecule has 100 valence electrons. The van der Waals surface area contributed by atoms with E-state index in [1.54, 1.807) is 6.07 Å². The molecule has 0 bridgehead atoms. The number of aromatic nitrogens is 1. The molecule has 5 nitrogen and oxygen atoms in total.